The van der Waals surface area contributed by atoms with Gasteiger partial charge in [0.1, 0.15) is 0 Å². The van der Waals surface area contributed by atoms with Gasteiger partial charge >= 0.3 is 17.4 Å². The lowest BCUT2D eigenvalue weighted by Gasteiger charge is -2.10. The van der Waals surface area contributed by atoms with Crippen LogP contribution in [0.15, 0.2) is 22.7 Å². The van der Waals surface area contributed by atoms with Gasteiger partial charge in [0.15, 0.2) is 12.1 Å². The molecule has 1 aromatic carbocycles. The zero-order valence-corrected chi connectivity index (χ0v) is 13.0. The number of rotatable bonds is 4. The molecule has 0 unspecified atom stereocenters. The number of hydrogen-bond acceptors (Lipinski definition) is 6. The molecule has 0 atom stereocenters. The molecule has 2 aromatic rings. The van der Waals surface area contributed by atoms with E-state index in [1.165, 1.54) is 12.1 Å². The number of hydrogen-bond donors (Lipinski definition) is 1. The zero-order valence-electron chi connectivity index (χ0n) is 11.4. The largest absolute Gasteiger partial charge is 0.739 e. The Balaban J connectivity index is 2.27. The van der Waals surface area contributed by atoms with E-state index in [4.69, 9.17) is 4.74 Å². The van der Waals surface area contributed by atoms with Crippen LogP contribution in [-0.4, -0.2) is 23.7 Å². The van der Waals surface area contributed by atoms with Crippen LogP contribution < -0.4 is 14.9 Å². The Morgan fingerprint density at radius 2 is 2.14 bits per heavy atom. The van der Waals surface area contributed by atoms with Crippen molar-refractivity contribution in [3.63, 3.8) is 0 Å². The second-order valence-electron chi connectivity index (χ2n) is 4.52. The summed E-state index contributed by atoms with van der Waals surface area (Å²) in [5, 5.41) is 30.0. The SMILES string of the molecule is CC(C)OC(=O)CNc1n[n+]([O-])c2cc(Br)ccc2[n+]1[O-]. The Morgan fingerprint density at radius 3 is 2.81 bits per heavy atom. The molecule has 0 bridgehead atoms. The maximum absolute atomic E-state index is 12.1. The van der Waals surface area contributed by atoms with Gasteiger partial charge in [0.2, 0.25) is 5.10 Å². The number of carbonyl (C=O) groups is 1. The number of nitrogens with one attached hydrogen (secondary N) is 1. The summed E-state index contributed by atoms with van der Waals surface area (Å²) >= 11 is 3.21. The van der Waals surface area contributed by atoms with Gasteiger partial charge in [0.05, 0.1) is 6.10 Å². The molecule has 1 aromatic heterocycles. The first-order valence-electron chi connectivity index (χ1n) is 6.14. The molecule has 1 heterocycles. The van der Waals surface area contributed by atoms with Gasteiger partial charge in [-0.15, -0.1) is 0 Å². The van der Waals surface area contributed by atoms with Gasteiger partial charge in [0, 0.05) is 15.4 Å². The number of esters is 1. The van der Waals surface area contributed by atoms with Crippen LogP contribution in [0.4, 0.5) is 5.95 Å². The minimum absolute atomic E-state index is 0.120. The molecule has 0 aliphatic heterocycles. The summed E-state index contributed by atoms with van der Waals surface area (Å²) < 4.78 is 6.03. The Hall–Kier alpha value is -2.16. The third-order valence-electron chi connectivity index (χ3n) is 2.50. The molecular weight excluding hydrogens is 344 g/mol. The topological polar surface area (TPSA) is 105 Å². The highest BCUT2D eigenvalue weighted by atomic mass is 79.9. The van der Waals surface area contributed by atoms with Crippen LogP contribution in [0, 0.1) is 10.4 Å². The number of ether oxygens (including phenoxy) is 1. The predicted molar refractivity (Wildman–Crippen MR) is 77.1 cm³/mol. The number of carbonyl (C=O) groups excluding carboxylic acids is 1. The standard InChI is InChI=1S/C12H13BrN4O4/c1-7(2)21-11(18)6-14-12-15-17(20)10-5-8(13)3-4-9(10)16(12)19/h3-5,7H,6H2,1-2H3,(H,14,15). The smallest absolute Gasteiger partial charge is 0.461 e. The number of fused-ring (bicyclic) bond motifs is 1. The van der Waals surface area contributed by atoms with E-state index in [-0.39, 0.29) is 29.6 Å². The van der Waals surface area contributed by atoms with Crippen molar-refractivity contribution in [2.45, 2.75) is 20.0 Å². The van der Waals surface area contributed by atoms with Crippen LogP contribution in [0.25, 0.3) is 11.0 Å². The first kappa shape index (κ1) is 15.2. The molecule has 0 fully saturated rings. The van der Waals surface area contributed by atoms with Crippen molar-refractivity contribution in [3.8, 4) is 0 Å². The van der Waals surface area contributed by atoms with Gasteiger partial charge in [-0.2, -0.15) is 0 Å². The molecule has 2 rings (SSSR count). The molecule has 0 saturated heterocycles. The van der Waals surface area contributed by atoms with Crippen LogP contribution >= 0.6 is 15.9 Å². The van der Waals surface area contributed by atoms with Gasteiger partial charge < -0.3 is 15.2 Å². The molecule has 0 amide bonds. The fraction of sp³-hybridized carbons (Fsp3) is 0.333. The molecule has 9 heteroatoms. The summed E-state index contributed by atoms with van der Waals surface area (Å²) in [7, 11) is 0. The molecule has 112 valence electrons. The van der Waals surface area contributed by atoms with Gasteiger partial charge in [-0.1, -0.05) is 15.9 Å². The summed E-state index contributed by atoms with van der Waals surface area (Å²) in [5.41, 5.74) is 0.262. The second-order valence-corrected chi connectivity index (χ2v) is 5.43. The summed E-state index contributed by atoms with van der Waals surface area (Å²) in [4.78, 5) is 11.7. The summed E-state index contributed by atoms with van der Waals surface area (Å²) in [5.74, 6) is -0.805. The summed E-state index contributed by atoms with van der Waals surface area (Å²) in [6.07, 6.45) is -0.259. The number of halogens is 1. The van der Waals surface area contributed by atoms with Gasteiger partial charge in [0.25, 0.3) is 0 Å². The molecule has 1 N–H and O–H groups in total. The lowest BCUT2D eigenvalue weighted by atomic mass is 10.3. The first-order chi connectivity index (χ1) is 9.88. The Kier molecular flexibility index (Phi) is 4.41. The Morgan fingerprint density at radius 1 is 1.43 bits per heavy atom. The maximum Gasteiger partial charge on any atom is 0.461 e. The quantitative estimate of drug-likeness (QED) is 0.489. The van der Waals surface area contributed by atoms with E-state index in [0.717, 1.165) is 0 Å². The van der Waals surface area contributed by atoms with E-state index in [1.807, 2.05) is 0 Å². The van der Waals surface area contributed by atoms with E-state index in [2.05, 4.69) is 26.3 Å². The Bertz CT molecular complexity index is 693. The molecule has 0 aliphatic carbocycles. The molecule has 0 spiro atoms. The van der Waals surface area contributed by atoms with Crippen LogP contribution in [0.1, 0.15) is 13.8 Å². The lowest BCUT2D eigenvalue weighted by Crippen LogP contribution is -2.44. The lowest BCUT2D eigenvalue weighted by molar-refractivity contribution is -0.672. The van der Waals surface area contributed by atoms with Gasteiger partial charge in [-0.3, -0.25) is 5.32 Å². The minimum Gasteiger partial charge on any atom is -0.739 e. The van der Waals surface area contributed by atoms with Crippen LogP contribution in [0.5, 0.6) is 0 Å². The van der Waals surface area contributed by atoms with Crippen molar-refractivity contribution in [2.75, 3.05) is 11.9 Å². The summed E-state index contributed by atoms with van der Waals surface area (Å²) in [6.45, 7) is 3.17. The van der Waals surface area contributed by atoms with Gasteiger partial charge in [-0.25, -0.2) is 9.52 Å². The van der Waals surface area contributed by atoms with Crippen molar-refractivity contribution in [3.05, 3.63) is 33.1 Å². The third kappa shape index (κ3) is 3.48. The normalized spacial score (nSPS) is 10.9. The molecule has 8 nitrogen and oxygen atoms in total. The van der Waals surface area contributed by atoms with Crippen LogP contribution in [-0.2, 0) is 9.53 Å². The zero-order chi connectivity index (χ0) is 15.6. The number of benzene rings is 1. The fourth-order valence-electron chi connectivity index (χ4n) is 1.68. The second kappa shape index (κ2) is 6.08. The van der Waals surface area contributed by atoms with Crippen molar-refractivity contribution in [2.24, 2.45) is 0 Å². The highest BCUT2D eigenvalue weighted by molar-refractivity contribution is 9.10. The third-order valence-corrected chi connectivity index (χ3v) is 2.99. The maximum atomic E-state index is 12.1. The minimum atomic E-state index is -0.542. The highest BCUT2D eigenvalue weighted by Crippen LogP contribution is 2.14. The van der Waals surface area contributed by atoms with Crippen molar-refractivity contribution in [1.82, 2.24) is 5.10 Å². The molecule has 21 heavy (non-hydrogen) atoms. The molecule has 0 aliphatic rings. The fourth-order valence-corrected chi connectivity index (χ4v) is 2.03. The van der Waals surface area contributed by atoms with Crippen molar-refractivity contribution >= 4 is 38.9 Å². The van der Waals surface area contributed by atoms with Crippen LogP contribution in [0.2, 0.25) is 0 Å². The van der Waals surface area contributed by atoms with E-state index >= 15 is 0 Å². The number of nitrogens with zero attached hydrogens (tertiary/aromatic N) is 3. The molecule has 0 saturated carbocycles. The monoisotopic (exact) mass is 356 g/mol. The van der Waals surface area contributed by atoms with E-state index < -0.39 is 5.97 Å². The summed E-state index contributed by atoms with van der Waals surface area (Å²) in [6, 6.07) is 4.61. The van der Waals surface area contributed by atoms with E-state index in [1.54, 1.807) is 19.9 Å². The number of anilines is 1. The Labute approximate surface area is 128 Å². The van der Waals surface area contributed by atoms with E-state index in [9.17, 15) is 15.2 Å². The van der Waals surface area contributed by atoms with E-state index in [0.29, 0.717) is 14.0 Å². The highest BCUT2D eigenvalue weighted by Gasteiger charge is 2.21. The average molecular weight is 357 g/mol. The predicted octanol–water partition coefficient (Wildman–Crippen LogP) is 0.628. The molecule has 0 radical (unpaired) electrons. The first-order valence-corrected chi connectivity index (χ1v) is 6.94. The van der Waals surface area contributed by atoms with Crippen LogP contribution in [0.3, 0.4) is 0 Å². The van der Waals surface area contributed by atoms with Gasteiger partial charge in [-0.05, 0) is 26.0 Å². The number of aromatic nitrogens is 3. The van der Waals surface area contributed by atoms with Crippen molar-refractivity contribution in [1.29, 1.82) is 0 Å². The average Bonchev–Trinajstić information content (AvgIpc) is 2.40. The molecular formula is C12H13BrN4O4. The van der Waals surface area contributed by atoms with Crippen molar-refractivity contribution < 1.29 is 19.1 Å².